The van der Waals surface area contributed by atoms with Crippen molar-refractivity contribution >= 4 is 59.1 Å². The first kappa shape index (κ1) is 29.3. The largest absolute Gasteiger partial charge is 0.360 e. The maximum absolute atomic E-state index is 13.6. The van der Waals surface area contributed by atoms with Gasteiger partial charge in [0.2, 0.25) is 5.91 Å². The summed E-state index contributed by atoms with van der Waals surface area (Å²) in [7, 11) is 0. The van der Waals surface area contributed by atoms with Crippen LogP contribution in [0.25, 0.3) is 10.9 Å². The number of H-pyrrole nitrogens is 1. The van der Waals surface area contributed by atoms with Crippen molar-refractivity contribution in [3.8, 4) is 0 Å². The lowest BCUT2D eigenvalue weighted by Gasteiger charge is -2.38. The molecule has 2 amide bonds. The van der Waals surface area contributed by atoms with Crippen LogP contribution in [0.2, 0.25) is 5.02 Å². The molecule has 0 saturated carbocycles. The summed E-state index contributed by atoms with van der Waals surface area (Å²) in [5.74, 6) is 0.390. The van der Waals surface area contributed by atoms with Gasteiger partial charge in [0.15, 0.2) is 0 Å². The number of nitrogens with zero attached hydrogens (tertiary/aromatic N) is 2. The van der Waals surface area contributed by atoms with Crippen molar-refractivity contribution in [2.45, 2.75) is 18.9 Å². The predicted octanol–water partition coefficient (Wildman–Crippen LogP) is 4.28. The van der Waals surface area contributed by atoms with Gasteiger partial charge in [-0.2, -0.15) is 0 Å². The second kappa shape index (κ2) is 13.5. The number of piperazine rings is 1. The topological polar surface area (TPSA) is 80.5 Å². The van der Waals surface area contributed by atoms with Crippen LogP contribution in [0.5, 0.6) is 0 Å². The summed E-state index contributed by atoms with van der Waals surface area (Å²) in [6, 6.07) is 14.1. The standard InChI is InChI=1S/C27H32ClN5O2.2ClH/c28-23-17-30-24-16-21(6-7-22(23)24)26(34)31-25(20-4-2-1-3-5-20)27(35)33-14-12-32(13-15-33)18-19-8-10-29-11-9-19;;/h1-7,16-17,19,25,29-30H,8-15,18H2,(H,31,34);2*1H/t25-;;/m1../s1. The van der Waals surface area contributed by atoms with E-state index in [1.807, 2.05) is 41.3 Å². The van der Waals surface area contributed by atoms with E-state index in [0.717, 1.165) is 55.1 Å². The predicted molar refractivity (Wildman–Crippen MR) is 153 cm³/mol. The van der Waals surface area contributed by atoms with Gasteiger partial charge in [-0.3, -0.25) is 14.5 Å². The van der Waals surface area contributed by atoms with Crippen molar-refractivity contribution in [2.24, 2.45) is 5.92 Å². The third-order valence-corrected chi connectivity index (χ3v) is 7.52. The molecule has 2 aromatic carbocycles. The van der Waals surface area contributed by atoms with Crippen molar-refractivity contribution in [1.29, 1.82) is 0 Å². The molecule has 7 nitrogen and oxygen atoms in total. The van der Waals surface area contributed by atoms with Crippen LogP contribution in [0.3, 0.4) is 0 Å². The zero-order valence-electron chi connectivity index (χ0n) is 20.6. The Morgan fingerprint density at radius 2 is 1.70 bits per heavy atom. The van der Waals surface area contributed by atoms with Gasteiger partial charge in [0, 0.05) is 55.4 Å². The van der Waals surface area contributed by atoms with Gasteiger partial charge < -0.3 is 20.5 Å². The Labute approximate surface area is 235 Å². The number of fused-ring (bicyclic) bond motifs is 1. The maximum Gasteiger partial charge on any atom is 0.252 e. The Hall–Kier alpha value is -2.29. The number of piperidine rings is 1. The minimum Gasteiger partial charge on any atom is -0.360 e. The Balaban J connectivity index is 0.00000190. The Morgan fingerprint density at radius 1 is 1.00 bits per heavy atom. The monoisotopic (exact) mass is 565 g/mol. The van der Waals surface area contributed by atoms with Gasteiger partial charge in [0.25, 0.3) is 5.91 Å². The molecule has 0 unspecified atom stereocenters. The number of benzene rings is 2. The molecular formula is C27H34Cl3N5O2. The van der Waals surface area contributed by atoms with Gasteiger partial charge in [0.1, 0.15) is 6.04 Å². The summed E-state index contributed by atoms with van der Waals surface area (Å²) < 4.78 is 0. The summed E-state index contributed by atoms with van der Waals surface area (Å²) in [4.78, 5) is 34.3. The molecule has 3 aromatic rings. The highest BCUT2D eigenvalue weighted by molar-refractivity contribution is 6.35. The summed E-state index contributed by atoms with van der Waals surface area (Å²) in [6.07, 6.45) is 4.15. The fraction of sp³-hybridized carbons (Fsp3) is 0.407. The molecule has 10 heteroatoms. The highest BCUT2D eigenvalue weighted by Crippen LogP contribution is 2.25. The van der Waals surface area contributed by atoms with E-state index in [1.165, 1.54) is 12.8 Å². The van der Waals surface area contributed by atoms with E-state index in [9.17, 15) is 9.59 Å². The lowest BCUT2D eigenvalue weighted by Crippen LogP contribution is -2.53. The molecule has 0 spiro atoms. The van der Waals surface area contributed by atoms with Gasteiger partial charge in [0.05, 0.1) is 5.02 Å². The highest BCUT2D eigenvalue weighted by Gasteiger charge is 2.31. The van der Waals surface area contributed by atoms with Crippen LogP contribution in [0.1, 0.15) is 34.8 Å². The van der Waals surface area contributed by atoms with E-state index >= 15 is 0 Å². The molecule has 5 rings (SSSR count). The zero-order chi connectivity index (χ0) is 24.2. The first-order chi connectivity index (χ1) is 17.1. The Morgan fingerprint density at radius 3 is 2.41 bits per heavy atom. The van der Waals surface area contributed by atoms with Gasteiger partial charge in [-0.05, 0) is 49.5 Å². The molecular weight excluding hydrogens is 533 g/mol. The maximum atomic E-state index is 13.6. The molecule has 0 aliphatic carbocycles. The number of hydrogen-bond acceptors (Lipinski definition) is 4. The normalized spacial score (nSPS) is 17.5. The molecule has 37 heavy (non-hydrogen) atoms. The van der Waals surface area contributed by atoms with E-state index in [1.54, 1.807) is 18.3 Å². The molecule has 2 fully saturated rings. The summed E-state index contributed by atoms with van der Waals surface area (Å²) in [5.41, 5.74) is 2.05. The second-order valence-corrected chi connectivity index (χ2v) is 9.94. The van der Waals surface area contributed by atoms with Crippen LogP contribution in [0.15, 0.2) is 54.7 Å². The molecule has 1 aromatic heterocycles. The summed E-state index contributed by atoms with van der Waals surface area (Å²) in [6.45, 7) is 6.40. The minimum atomic E-state index is -0.734. The number of carbonyl (C=O) groups is 2. The number of carbonyl (C=O) groups excluding carboxylic acids is 2. The SMILES string of the molecule is Cl.Cl.O=C(N[C@@H](C(=O)N1CCN(CC2CCNCC2)CC1)c1ccccc1)c1ccc2c(Cl)c[nH]c2c1. The number of aromatic amines is 1. The molecule has 2 saturated heterocycles. The number of hydrogen-bond donors (Lipinski definition) is 3. The summed E-state index contributed by atoms with van der Waals surface area (Å²) >= 11 is 6.17. The number of nitrogens with one attached hydrogen (secondary N) is 3. The van der Waals surface area contributed by atoms with Crippen LogP contribution < -0.4 is 10.6 Å². The van der Waals surface area contributed by atoms with Gasteiger partial charge in [-0.25, -0.2) is 0 Å². The first-order valence-corrected chi connectivity index (χ1v) is 12.8. The van der Waals surface area contributed by atoms with Gasteiger partial charge in [-0.1, -0.05) is 48.0 Å². The quantitative estimate of drug-likeness (QED) is 0.416. The molecule has 1 atom stereocenters. The number of amides is 2. The van der Waals surface area contributed by atoms with Crippen LogP contribution in [0, 0.1) is 5.92 Å². The van der Waals surface area contributed by atoms with Crippen LogP contribution in [-0.2, 0) is 4.79 Å². The van der Waals surface area contributed by atoms with E-state index in [-0.39, 0.29) is 36.6 Å². The van der Waals surface area contributed by atoms with Crippen molar-refractivity contribution in [3.05, 3.63) is 70.9 Å². The number of halogens is 3. The van der Waals surface area contributed by atoms with Crippen LogP contribution >= 0.6 is 36.4 Å². The van der Waals surface area contributed by atoms with E-state index < -0.39 is 6.04 Å². The average Bonchev–Trinajstić information content (AvgIpc) is 3.28. The first-order valence-electron chi connectivity index (χ1n) is 12.4. The molecule has 2 aliphatic rings. The highest BCUT2D eigenvalue weighted by atomic mass is 35.5. The van der Waals surface area contributed by atoms with Crippen molar-refractivity contribution in [1.82, 2.24) is 25.4 Å². The molecule has 200 valence electrons. The fourth-order valence-electron chi connectivity index (χ4n) is 5.14. The van der Waals surface area contributed by atoms with Crippen molar-refractivity contribution in [2.75, 3.05) is 45.8 Å². The molecule has 0 radical (unpaired) electrons. The second-order valence-electron chi connectivity index (χ2n) is 9.53. The van der Waals surface area contributed by atoms with Crippen LogP contribution in [0.4, 0.5) is 0 Å². The third kappa shape index (κ3) is 6.98. The van der Waals surface area contributed by atoms with Crippen molar-refractivity contribution < 1.29 is 9.59 Å². The summed E-state index contributed by atoms with van der Waals surface area (Å²) in [5, 5.41) is 7.90. The molecule has 2 aliphatic heterocycles. The molecule has 0 bridgehead atoms. The molecule has 3 heterocycles. The van der Waals surface area contributed by atoms with Crippen LogP contribution in [-0.4, -0.2) is 72.4 Å². The van der Waals surface area contributed by atoms with Gasteiger partial charge in [-0.15, -0.1) is 24.8 Å². The van der Waals surface area contributed by atoms with E-state index in [4.69, 9.17) is 11.6 Å². The van der Waals surface area contributed by atoms with Crippen molar-refractivity contribution in [3.63, 3.8) is 0 Å². The van der Waals surface area contributed by atoms with E-state index in [2.05, 4.69) is 20.5 Å². The molecule has 3 N–H and O–H groups in total. The van der Waals surface area contributed by atoms with Gasteiger partial charge >= 0.3 is 0 Å². The van der Waals surface area contributed by atoms with E-state index in [0.29, 0.717) is 23.7 Å². The Kier molecular flexibility index (Phi) is 10.7. The number of rotatable bonds is 6. The lowest BCUT2D eigenvalue weighted by molar-refractivity contribution is -0.135. The smallest absolute Gasteiger partial charge is 0.252 e. The third-order valence-electron chi connectivity index (χ3n) is 7.21. The zero-order valence-corrected chi connectivity index (χ0v) is 23.0. The Bertz CT molecular complexity index is 1180. The number of aromatic nitrogens is 1. The average molecular weight is 567 g/mol. The lowest BCUT2D eigenvalue weighted by atomic mass is 9.97. The minimum absolute atomic E-state index is 0. The fourth-order valence-corrected chi connectivity index (χ4v) is 5.36.